The van der Waals surface area contributed by atoms with Crippen molar-refractivity contribution < 1.29 is 89.1 Å². The van der Waals surface area contributed by atoms with Crippen LogP contribution in [0.3, 0.4) is 0 Å². The third-order valence-corrected chi connectivity index (χ3v) is 18.6. The molecule has 3 heterocycles. The molecule has 0 bridgehead atoms. The van der Waals surface area contributed by atoms with Gasteiger partial charge in [-0.3, -0.25) is 4.79 Å². The summed E-state index contributed by atoms with van der Waals surface area (Å²) >= 11 is 0. The minimum Gasteiger partial charge on any atom is -0.432 e. The van der Waals surface area contributed by atoms with E-state index in [0.29, 0.717) is 38.5 Å². The standard InChI is InChI=1S/C47H72O18/c1-21-9-14-47(16-15-45(5)23(24(47)17-21)7-8-28-43(3)12-11-29(50)44(4,20-49)27(43)10-13-46(28,45)6)42(59)65-41-36(57)33(54)31(52)26(63-41)19-60-39-37(58)34(55)38(25(18-48)62-39)64-40-35(56)32(53)30(51)22(2)61-40/h7,20,22,24-41,48,50-58H,1,8-19H2,2-6H3/t22-,24-,25+,26+,27+,28+,29-,30-,31-,32+,33-,34-,35+,36+,37+,38-,39+,40-,41-,43-,44-,45+,46+,47-/m0/s1. The second kappa shape index (κ2) is 17.8. The van der Waals surface area contributed by atoms with E-state index in [2.05, 4.69) is 33.4 Å². The van der Waals surface area contributed by atoms with E-state index in [1.165, 1.54) is 12.5 Å². The van der Waals surface area contributed by atoms with E-state index in [0.717, 1.165) is 37.5 Å². The average Bonchev–Trinajstić information content (AvgIpc) is 3.28. The third-order valence-electron chi connectivity index (χ3n) is 18.6. The fourth-order valence-electron chi connectivity index (χ4n) is 14.3. The van der Waals surface area contributed by atoms with Crippen LogP contribution in [0.25, 0.3) is 0 Å². The van der Waals surface area contributed by atoms with Crippen molar-refractivity contribution in [2.75, 3.05) is 13.2 Å². The first kappa shape index (κ1) is 49.4. The Morgan fingerprint density at radius 3 is 2.12 bits per heavy atom. The molecule has 0 amide bonds. The highest BCUT2D eigenvalue weighted by atomic mass is 16.8. The molecule has 0 aromatic rings. The molecule has 65 heavy (non-hydrogen) atoms. The number of aldehydes is 1. The molecule has 18 nitrogen and oxygen atoms in total. The number of fused-ring (bicyclic) bond motifs is 7. The van der Waals surface area contributed by atoms with Gasteiger partial charge in [0.1, 0.15) is 73.4 Å². The van der Waals surface area contributed by atoms with E-state index in [1.54, 1.807) is 0 Å². The number of hydrogen-bond acceptors (Lipinski definition) is 18. The SMILES string of the molecule is C=C1CC[C@]2(C(=O)O[C@@H]3O[C@H](CO[C@@H]4O[C@H](CO)[C@H](O[C@@H]5O[C@@H](C)[C@H](O)[C@@H](O)[C@H]5O)[C@@H](O)[C@H]4O)[C@H](O)[C@H](O)[C@H]3O)CC[C@]3(C)C(=CC[C@@H]4[C@@]5(C)CC[C@H](O)[C@@](C)(C=O)[C@@H]5CC[C@]43C)[C@@H]2C1. The quantitative estimate of drug-likeness (QED) is 0.0819. The van der Waals surface area contributed by atoms with Crippen molar-refractivity contribution in [1.82, 2.24) is 0 Å². The second-order valence-electron chi connectivity index (χ2n) is 21.7. The summed E-state index contributed by atoms with van der Waals surface area (Å²) in [6.45, 7) is 13.3. The summed E-state index contributed by atoms with van der Waals surface area (Å²) in [5.74, 6) is -0.591. The average molecular weight is 925 g/mol. The Morgan fingerprint density at radius 2 is 1.43 bits per heavy atom. The van der Waals surface area contributed by atoms with Gasteiger partial charge in [0.15, 0.2) is 12.6 Å². The minimum atomic E-state index is -1.86. The number of ether oxygens (including phenoxy) is 6. The van der Waals surface area contributed by atoms with Gasteiger partial charge in [0.2, 0.25) is 6.29 Å². The fourth-order valence-corrected chi connectivity index (χ4v) is 14.3. The van der Waals surface area contributed by atoms with Gasteiger partial charge in [-0.1, -0.05) is 51.5 Å². The summed E-state index contributed by atoms with van der Waals surface area (Å²) < 4.78 is 34.6. The molecule has 3 saturated heterocycles. The van der Waals surface area contributed by atoms with Gasteiger partial charge in [-0.2, -0.15) is 0 Å². The van der Waals surface area contributed by atoms with E-state index in [4.69, 9.17) is 28.4 Å². The minimum absolute atomic E-state index is 0.0385. The zero-order valence-corrected chi connectivity index (χ0v) is 38.1. The largest absolute Gasteiger partial charge is 0.432 e. The normalized spacial score (nSPS) is 54.5. The van der Waals surface area contributed by atoms with Crippen LogP contribution in [0.5, 0.6) is 0 Å². The van der Waals surface area contributed by atoms with E-state index >= 15 is 0 Å². The van der Waals surface area contributed by atoms with Crippen LogP contribution < -0.4 is 0 Å². The summed E-state index contributed by atoms with van der Waals surface area (Å²) in [5.41, 5.74) is -0.278. The molecule has 5 aliphatic carbocycles. The summed E-state index contributed by atoms with van der Waals surface area (Å²) in [7, 11) is 0. The molecule has 0 radical (unpaired) electrons. The molecule has 8 aliphatic rings. The van der Waals surface area contributed by atoms with Gasteiger partial charge in [0, 0.05) is 5.92 Å². The summed E-state index contributed by atoms with van der Waals surface area (Å²) in [6, 6.07) is 0. The first-order valence-electron chi connectivity index (χ1n) is 23.5. The summed E-state index contributed by atoms with van der Waals surface area (Å²) in [6.07, 6.45) is -15.1. The highest BCUT2D eigenvalue weighted by Crippen LogP contribution is 2.75. The number of carbonyl (C=O) groups excluding carboxylic acids is 2. The zero-order valence-electron chi connectivity index (χ0n) is 38.1. The van der Waals surface area contributed by atoms with Gasteiger partial charge in [0.25, 0.3) is 0 Å². The van der Waals surface area contributed by atoms with Gasteiger partial charge < -0.3 is 84.3 Å². The molecular formula is C47H72O18. The van der Waals surface area contributed by atoms with Crippen molar-refractivity contribution in [3.05, 3.63) is 23.8 Å². The lowest BCUT2D eigenvalue weighted by Crippen LogP contribution is -2.65. The second-order valence-corrected chi connectivity index (χ2v) is 21.7. The fraction of sp³-hybridized carbons (Fsp3) is 0.872. The maximum atomic E-state index is 14.8. The number of rotatable bonds is 9. The maximum Gasteiger partial charge on any atom is 0.315 e. The molecule has 0 aromatic heterocycles. The Labute approximate surface area is 379 Å². The van der Waals surface area contributed by atoms with Gasteiger partial charge in [-0.05, 0) is 99.2 Å². The molecular weight excluding hydrogens is 852 g/mol. The van der Waals surface area contributed by atoms with Crippen molar-refractivity contribution in [3.8, 4) is 0 Å². The third kappa shape index (κ3) is 7.64. The Hall–Kier alpha value is -1.98. The van der Waals surface area contributed by atoms with Gasteiger partial charge >= 0.3 is 5.97 Å². The molecule has 4 saturated carbocycles. The summed E-state index contributed by atoms with van der Waals surface area (Å²) in [5, 5.41) is 107. The number of hydrogen-bond donors (Lipinski definition) is 10. The topological polar surface area (TPSA) is 292 Å². The lowest BCUT2D eigenvalue weighted by atomic mass is 9.34. The lowest BCUT2D eigenvalue weighted by molar-refractivity contribution is -0.361. The number of aliphatic hydroxyl groups is 10. The van der Waals surface area contributed by atoms with Crippen LogP contribution in [0.1, 0.15) is 98.8 Å². The van der Waals surface area contributed by atoms with Gasteiger partial charge in [-0.15, -0.1) is 0 Å². The molecule has 368 valence electrons. The Balaban J connectivity index is 0.966. The molecule has 0 aromatic carbocycles. The smallest absolute Gasteiger partial charge is 0.315 e. The van der Waals surface area contributed by atoms with Crippen molar-refractivity contribution >= 4 is 12.3 Å². The van der Waals surface area contributed by atoms with Gasteiger partial charge in [0.05, 0.1) is 36.3 Å². The van der Waals surface area contributed by atoms with Crippen LogP contribution in [0.4, 0.5) is 0 Å². The first-order chi connectivity index (χ1) is 30.5. The van der Waals surface area contributed by atoms with Crippen molar-refractivity contribution in [3.63, 3.8) is 0 Å². The first-order valence-corrected chi connectivity index (χ1v) is 23.5. The maximum absolute atomic E-state index is 14.8. The number of carbonyl (C=O) groups is 2. The molecule has 3 aliphatic heterocycles. The predicted molar refractivity (Wildman–Crippen MR) is 225 cm³/mol. The van der Waals surface area contributed by atoms with E-state index < -0.39 is 128 Å². The van der Waals surface area contributed by atoms with Crippen molar-refractivity contribution in [2.24, 2.45) is 44.8 Å². The van der Waals surface area contributed by atoms with Gasteiger partial charge in [-0.25, -0.2) is 0 Å². The van der Waals surface area contributed by atoms with E-state index in [9.17, 15) is 60.7 Å². The molecule has 10 N–H and O–H groups in total. The Morgan fingerprint density at radius 1 is 0.769 bits per heavy atom. The number of allylic oxidation sites excluding steroid dienone is 3. The lowest BCUT2D eigenvalue weighted by Gasteiger charge is -2.70. The van der Waals surface area contributed by atoms with Crippen LogP contribution in [-0.2, 0) is 38.0 Å². The van der Waals surface area contributed by atoms with Crippen molar-refractivity contribution in [1.29, 1.82) is 0 Å². The Kier molecular flexibility index (Phi) is 13.5. The van der Waals surface area contributed by atoms with Crippen LogP contribution in [0, 0.1) is 44.8 Å². The molecule has 24 atom stereocenters. The monoisotopic (exact) mass is 924 g/mol. The van der Waals surface area contributed by atoms with E-state index in [1.807, 2.05) is 6.92 Å². The summed E-state index contributed by atoms with van der Waals surface area (Å²) in [4.78, 5) is 27.4. The van der Waals surface area contributed by atoms with Crippen LogP contribution in [-0.4, -0.2) is 175 Å². The molecule has 0 unspecified atom stereocenters. The number of esters is 1. The molecule has 8 rings (SSSR count). The highest BCUT2D eigenvalue weighted by molar-refractivity contribution is 5.79. The predicted octanol–water partition coefficient (Wildman–Crippen LogP) is -0.123. The van der Waals surface area contributed by atoms with Crippen LogP contribution >= 0.6 is 0 Å². The van der Waals surface area contributed by atoms with Crippen molar-refractivity contribution in [2.45, 2.75) is 197 Å². The Bertz CT molecular complexity index is 1830. The van der Waals surface area contributed by atoms with Crippen LogP contribution in [0.2, 0.25) is 0 Å². The van der Waals surface area contributed by atoms with Crippen LogP contribution in [0.15, 0.2) is 23.8 Å². The zero-order chi connectivity index (χ0) is 47.3. The highest BCUT2D eigenvalue weighted by Gasteiger charge is 2.70. The molecule has 18 heteroatoms. The van der Waals surface area contributed by atoms with E-state index in [-0.39, 0.29) is 34.0 Å². The number of aliphatic hydroxyl groups excluding tert-OH is 10. The molecule has 0 spiro atoms. The molecule has 7 fully saturated rings.